The molecule has 18 N–H and O–H groups in total. The molecule has 6 heterocycles. The maximum Gasteiger partial charge on any atom is 0.487 e. The van der Waals surface area contributed by atoms with E-state index in [4.69, 9.17) is 51.7 Å². The number of fused-ring (bicyclic) bond motifs is 2. The summed E-state index contributed by atoms with van der Waals surface area (Å²) in [6, 6.07) is 11.5. The van der Waals surface area contributed by atoms with Crippen molar-refractivity contribution in [3.63, 3.8) is 0 Å². The summed E-state index contributed by atoms with van der Waals surface area (Å²) < 4.78 is 120. The van der Waals surface area contributed by atoms with Crippen LogP contribution in [0.2, 0.25) is 0 Å². The number of rotatable bonds is 20. The van der Waals surface area contributed by atoms with Gasteiger partial charge in [0.1, 0.15) is 18.3 Å². The summed E-state index contributed by atoms with van der Waals surface area (Å²) in [6.45, 7) is -2.19. The Bertz CT molecular complexity index is 3940. The summed E-state index contributed by atoms with van der Waals surface area (Å²) >= 11 is 0. The van der Waals surface area contributed by atoms with Crippen LogP contribution in [-0.4, -0.2) is 130 Å². The summed E-state index contributed by atoms with van der Waals surface area (Å²) in [6.07, 6.45) is -10.6. The van der Waals surface area contributed by atoms with Crippen LogP contribution in [0.3, 0.4) is 0 Å². The molecule has 0 bridgehead atoms. The number of anilines is 4. The average molecular weight is 1310 g/mol. The first-order valence-electron chi connectivity index (χ1n) is 22.6. The number of H-pyrrole nitrogens is 2. The Balaban J connectivity index is 0.000000241. The first-order valence-corrected chi connectivity index (χ1v) is 31.6. The normalized spacial score (nSPS) is 25.0. The van der Waals surface area contributed by atoms with E-state index < -0.39 is 132 Å². The topological polar surface area (TPSA) is 650 Å². The van der Waals surface area contributed by atoms with E-state index in [0.29, 0.717) is 0 Å². The molecule has 2 fully saturated rings. The number of nitrogens with one attached hydrogen (secondary N) is 2. The van der Waals surface area contributed by atoms with Gasteiger partial charge in [-0.05, 0) is 24.3 Å². The summed E-state index contributed by atoms with van der Waals surface area (Å²) in [5, 5.41) is 22.2. The molecule has 0 spiro atoms. The third-order valence-corrected chi connectivity index (χ3v) is 18.8. The highest BCUT2D eigenvalue weighted by Crippen LogP contribution is 2.66. The molecule has 2 aliphatic heterocycles. The van der Waals surface area contributed by atoms with Crippen LogP contribution in [-0.2, 0) is 86.7 Å². The number of aromatic nitrogens is 8. The highest BCUT2D eigenvalue weighted by Gasteiger charge is 2.53. The van der Waals surface area contributed by atoms with Crippen molar-refractivity contribution in [2.75, 3.05) is 36.1 Å². The van der Waals surface area contributed by atoms with Gasteiger partial charge in [-0.25, -0.2) is 45.6 Å². The van der Waals surface area contributed by atoms with Crippen molar-refractivity contribution in [1.82, 2.24) is 29.1 Å². The van der Waals surface area contributed by atoms with E-state index in [-0.39, 0.29) is 56.7 Å². The second-order valence-electron chi connectivity index (χ2n) is 17.3. The minimum absolute atomic E-state index is 0.00296. The molecular formula is C36H46N12O30P6. The molecule has 0 amide bonds. The minimum Gasteiger partial charge on any atom is -0.756 e. The number of para-hydroxylation sites is 2. The lowest BCUT2D eigenvalue weighted by Gasteiger charge is -2.23. The molecule has 460 valence electrons. The SMILES string of the molecule is Cn1c[n+]([C@@H]2O[C@H](COP(=O)(O)OP(=O)(O)OP(=O)([O-])O)[C@@H](O)[C@H]2OC(=O)c2ccccc2N)c2nc(N)[nH]c(=O)c21.Cn1c[n+]([C@@H]2O[C@H](COP(=O)(O)OP(=O)(O)OP(=O)([O-])O)[C@@H](OC(=O)c3ccccc3N)[C@H]2O)c2nc(N)[nH]c(=O)c21. The predicted molar refractivity (Wildman–Crippen MR) is 267 cm³/mol. The summed E-state index contributed by atoms with van der Waals surface area (Å²) in [5.74, 6) is -2.66. The number of phosphoric ester groups is 2. The molecule has 4 aromatic heterocycles. The fraction of sp³-hybridized carbons (Fsp3) is 0.333. The number of imidazole rings is 2. The number of esters is 2. The van der Waals surface area contributed by atoms with E-state index in [2.05, 4.69) is 46.2 Å². The molecule has 0 radical (unpaired) electrons. The van der Waals surface area contributed by atoms with Crippen molar-refractivity contribution in [3.8, 4) is 0 Å². The fourth-order valence-corrected chi connectivity index (χ4v) is 14.0. The van der Waals surface area contributed by atoms with Crippen molar-refractivity contribution in [2.45, 2.75) is 49.1 Å². The smallest absolute Gasteiger partial charge is 0.487 e. The van der Waals surface area contributed by atoms with E-state index in [0.717, 1.165) is 4.57 Å². The number of nitrogens with zero attached hydrogens (tertiary/aromatic N) is 6. The zero-order chi connectivity index (χ0) is 62.4. The Morgan fingerprint density at radius 3 is 1.39 bits per heavy atom. The number of phosphoric acid groups is 6. The number of aliphatic hydroxyl groups excluding tert-OH is 2. The highest BCUT2D eigenvalue weighted by molar-refractivity contribution is 7.66. The molecular weight excluding hydrogens is 1270 g/mol. The highest BCUT2D eigenvalue weighted by atomic mass is 31.3. The lowest BCUT2D eigenvalue weighted by molar-refractivity contribution is -0.746. The Labute approximate surface area is 465 Å². The molecule has 2 aromatic carbocycles. The molecule has 42 nitrogen and oxygen atoms in total. The van der Waals surface area contributed by atoms with Gasteiger partial charge in [-0.3, -0.25) is 46.9 Å². The van der Waals surface area contributed by atoms with Gasteiger partial charge in [-0.2, -0.15) is 8.62 Å². The van der Waals surface area contributed by atoms with Gasteiger partial charge >= 0.3 is 54.5 Å². The van der Waals surface area contributed by atoms with Gasteiger partial charge in [0.15, 0.2) is 31.0 Å². The number of ether oxygens (including phenoxy) is 4. The van der Waals surface area contributed by atoms with Crippen molar-refractivity contribution >= 4 is 104 Å². The number of hydrogen-bond donors (Lipinski definition) is 14. The van der Waals surface area contributed by atoms with Gasteiger partial charge < -0.3 is 91.2 Å². The summed E-state index contributed by atoms with van der Waals surface area (Å²) in [7, 11) is -31.9. The third kappa shape index (κ3) is 15.9. The zero-order valence-electron chi connectivity index (χ0n) is 42.0. The third-order valence-electron chi connectivity index (χ3n) is 11.2. The first kappa shape index (κ1) is 65.5. The van der Waals surface area contributed by atoms with Crippen LogP contribution in [0.5, 0.6) is 0 Å². The maximum atomic E-state index is 13.0. The van der Waals surface area contributed by atoms with E-state index in [1.807, 2.05) is 0 Å². The molecule has 6 aromatic rings. The lowest BCUT2D eigenvalue weighted by Crippen LogP contribution is -2.48. The Hall–Kier alpha value is -6.06. The number of aliphatic hydroxyl groups is 2. The van der Waals surface area contributed by atoms with E-state index in [9.17, 15) is 86.1 Å². The molecule has 84 heavy (non-hydrogen) atoms. The van der Waals surface area contributed by atoms with Crippen LogP contribution < -0.4 is 53.0 Å². The molecule has 14 atom stereocenters. The maximum absolute atomic E-state index is 13.0. The number of carbonyl (C=O) groups is 2. The van der Waals surface area contributed by atoms with Gasteiger partial charge in [-0.1, -0.05) is 34.2 Å². The molecule has 0 saturated carbocycles. The van der Waals surface area contributed by atoms with Gasteiger partial charge in [0, 0.05) is 11.4 Å². The average Bonchev–Trinajstić information content (AvgIpc) is 1.83. The second kappa shape index (κ2) is 24.7. The molecule has 48 heteroatoms. The Kier molecular flexibility index (Phi) is 19.3. The number of nitrogen functional groups attached to an aromatic ring is 4. The van der Waals surface area contributed by atoms with Crippen molar-refractivity contribution < 1.29 is 141 Å². The second-order valence-corrected chi connectivity index (χ2v) is 26.0. The number of nitrogens with two attached hydrogens (primary N) is 4. The van der Waals surface area contributed by atoms with E-state index in [1.54, 1.807) is 6.07 Å². The molecule has 0 aliphatic carbocycles. The summed E-state index contributed by atoms with van der Waals surface area (Å²) in [4.78, 5) is 140. The van der Waals surface area contributed by atoms with Crippen LogP contribution >= 0.6 is 46.9 Å². The van der Waals surface area contributed by atoms with E-state index >= 15 is 0 Å². The molecule has 2 aliphatic rings. The van der Waals surface area contributed by atoms with Gasteiger partial charge in [0.05, 0.1) is 38.4 Å². The van der Waals surface area contributed by atoms with Gasteiger partial charge in [0.2, 0.25) is 23.5 Å². The number of aromatic amines is 2. The quantitative estimate of drug-likeness (QED) is 0.0149. The summed E-state index contributed by atoms with van der Waals surface area (Å²) in [5.41, 5.74) is 21.3. The standard InChI is InChI=1S/2C18H23N6O15P3/c1-23-7-24(14-11(23)15(26)22-18(20)21-14)16-12(25)13(37-17(27)8-4-2-3-5-9(8)19)10(36-16)6-35-41(31,32)39-42(33,34)38-40(28,29)30;1-23-7-24(14-11(23)15(26)22-18(20)21-14)16-13(37-17(27)8-4-2-3-5-9(8)19)12(25)10(36-16)6-35-41(31,32)39-42(33,34)38-40(28,29)30/h2*2-5,7,10,12-13,16,25H,6H2,1H3,(H8-,19,20,21,22,26,27,28,29,30,31,32,33,34)/t2*10-,12-,13-,16-/m11/s1. The monoisotopic (exact) mass is 1310 g/mol. The van der Waals surface area contributed by atoms with Gasteiger partial charge in [0.25, 0.3) is 38.7 Å². The number of hydrogen-bond acceptors (Lipinski definition) is 30. The van der Waals surface area contributed by atoms with Crippen LogP contribution in [0.25, 0.3) is 22.3 Å². The van der Waals surface area contributed by atoms with Crippen LogP contribution in [0, 0.1) is 0 Å². The van der Waals surface area contributed by atoms with Crippen LogP contribution in [0.4, 0.5) is 23.3 Å². The Morgan fingerprint density at radius 1 is 0.595 bits per heavy atom. The zero-order valence-corrected chi connectivity index (χ0v) is 47.4. The van der Waals surface area contributed by atoms with E-state index in [1.165, 1.54) is 82.9 Å². The largest absolute Gasteiger partial charge is 0.756 e. The predicted octanol–water partition coefficient (Wildman–Crippen LogP) is -4.18. The van der Waals surface area contributed by atoms with Crippen LogP contribution in [0.15, 0.2) is 70.8 Å². The first-order chi connectivity index (χ1) is 38.7. The fourth-order valence-electron chi connectivity index (χ4n) is 8.02. The molecule has 2 saturated heterocycles. The molecule has 6 unspecified atom stereocenters. The number of benzene rings is 2. The number of aryl methyl sites for hydroxylation is 2. The van der Waals surface area contributed by atoms with Gasteiger partial charge in [-0.15, -0.1) is 0 Å². The van der Waals surface area contributed by atoms with Crippen molar-refractivity contribution in [2.24, 2.45) is 14.1 Å². The van der Waals surface area contributed by atoms with Crippen LogP contribution in [0.1, 0.15) is 33.2 Å². The minimum atomic E-state index is -5.90. The number of carbonyl (C=O) groups excluding carboxylic acids is 2. The molecule has 8 rings (SSSR count). The van der Waals surface area contributed by atoms with Crippen molar-refractivity contribution in [1.29, 1.82) is 0 Å². The Morgan fingerprint density at radius 2 is 0.976 bits per heavy atom. The van der Waals surface area contributed by atoms with Crippen molar-refractivity contribution in [3.05, 3.63) is 93.0 Å². The lowest BCUT2D eigenvalue weighted by atomic mass is 10.1.